The van der Waals surface area contributed by atoms with Crippen LogP contribution in [0.2, 0.25) is 0 Å². The van der Waals surface area contributed by atoms with Crippen LogP contribution in [0.25, 0.3) is 0 Å². The Kier molecular flexibility index (Phi) is 40.5. The van der Waals surface area contributed by atoms with Crippen molar-refractivity contribution in [2.75, 3.05) is 92.2 Å². The first-order valence-corrected chi connectivity index (χ1v) is 33.9. The van der Waals surface area contributed by atoms with Gasteiger partial charge in [-0.1, -0.05) is 83.5 Å². The Balaban J connectivity index is 1.22. The molecule has 8 N–H and O–H groups in total. The van der Waals surface area contributed by atoms with Crippen LogP contribution in [-0.4, -0.2) is 191 Å². The topological polar surface area (TPSA) is 390 Å². The van der Waals surface area contributed by atoms with Crippen molar-refractivity contribution >= 4 is 59.3 Å². The number of nitrogens with one attached hydrogen (secondary N) is 4. The van der Waals surface area contributed by atoms with Crippen molar-refractivity contribution in [1.82, 2.24) is 40.9 Å². The summed E-state index contributed by atoms with van der Waals surface area (Å²) in [6, 6.07) is 4.80. The molecule has 30 nitrogen and oxygen atoms in total. The molecule has 0 bridgehead atoms. The molecule has 0 aliphatic carbocycles. The van der Waals surface area contributed by atoms with E-state index in [1.54, 1.807) is 0 Å². The number of ether oxygens (including phenoxy) is 4. The second kappa shape index (κ2) is 48.2. The lowest BCUT2D eigenvalue weighted by atomic mass is 9.92. The number of carbonyl (C=O) groups is 10. The molecule has 2 aliphatic rings. The Morgan fingerprint density at radius 1 is 0.368 bits per heavy atom. The summed E-state index contributed by atoms with van der Waals surface area (Å²) in [4.78, 5) is 144. The van der Waals surface area contributed by atoms with Crippen molar-refractivity contribution in [2.24, 2.45) is 5.41 Å². The zero-order valence-electron chi connectivity index (χ0n) is 55.3. The molecule has 2 fully saturated rings. The first kappa shape index (κ1) is 79.9. The molecule has 0 atom stereocenters. The highest BCUT2D eigenvalue weighted by Crippen LogP contribution is 2.24. The zero-order valence-corrected chi connectivity index (χ0v) is 55.3. The molecule has 2 aromatic rings. The van der Waals surface area contributed by atoms with E-state index in [1.165, 1.54) is 24.3 Å². The van der Waals surface area contributed by atoms with Crippen molar-refractivity contribution in [3.8, 4) is 23.5 Å². The number of unbranched alkanes of at least 4 members (excludes halogenated alkanes) is 17. The number of carbonyl (C=O) groups excluding carboxylic acids is 10. The summed E-state index contributed by atoms with van der Waals surface area (Å²) < 4.78 is 25.9. The van der Waals surface area contributed by atoms with E-state index in [4.69, 9.17) is 38.3 Å². The number of amides is 7. The van der Waals surface area contributed by atoms with Crippen LogP contribution in [0.15, 0.2) is 24.3 Å². The Bertz CT molecular complexity index is 2480. The molecule has 7 amide bonds. The maximum atomic E-state index is 12.9. The van der Waals surface area contributed by atoms with Crippen molar-refractivity contribution in [3.05, 3.63) is 24.3 Å². The van der Waals surface area contributed by atoms with E-state index in [0.29, 0.717) is 100 Å². The molecule has 95 heavy (non-hydrogen) atoms. The summed E-state index contributed by atoms with van der Waals surface area (Å²) in [6.07, 6.45) is 18.1. The summed E-state index contributed by atoms with van der Waals surface area (Å²) in [7, 11) is 0. The number of aromatic nitrogens is 2. The van der Waals surface area contributed by atoms with Crippen molar-refractivity contribution in [3.63, 3.8) is 0 Å². The molecule has 536 valence electrons. The van der Waals surface area contributed by atoms with Gasteiger partial charge in [-0.2, -0.15) is 10.1 Å². The lowest BCUT2D eigenvalue weighted by molar-refractivity contribution is -0.193. The monoisotopic (exact) mass is 1350 g/mol. The second-order valence-electron chi connectivity index (χ2n) is 23.9. The summed E-state index contributed by atoms with van der Waals surface area (Å²) >= 11 is 0. The molecule has 2 saturated heterocycles. The van der Waals surface area contributed by atoms with Gasteiger partial charge < -0.3 is 75.2 Å². The van der Waals surface area contributed by atoms with Crippen molar-refractivity contribution < 1.29 is 107 Å². The van der Waals surface area contributed by atoms with Crippen molar-refractivity contribution in [1.29, 1.82) is 0 Å². The summed E-state index contributed by atoms with van der Waals surface area (Å²) in [5.74, 6) is -4.87. The molecule has 30 heteroatoms. The number of rotatable bonds is 57. The SMILES string of the molecule is O=C(CCOCC(COCCC(=O)NCCCCCCCC(=O)ON1CCCC1=O)(COCCC(=O)NCCCCCCCC(=O)On1c(O)ccc1O)COCCC(=O)NCCCCCCCC(=O)On1c(O)ccc1O)NCCCCCCCCON1C(=O)CCC1=O. The molecular weight excluding hydrogens is 1240 g/mol. The summed E-state index contributed by atoms with van der Waals surface area (Å²) in [6.45, 7) is 2.57. The van der Waals surface area contributed by atoms with E-state index in [1.807, 2.05) is 0 Å². The predicted molar refractivity (Wildman–Crippen MR) is 340 cm³/mol. The molecule has 0 unspecified atom stereocenters. The fraction of sp³-hybridized carbons (Fsp3) is 0.723. The lowest BCUT2D eigenvalue weighted by Crippen LogP contribution is -2.43. The molecule has 4 heterocycles. The minimum atomic E-state index is -1.03. The van der Waals surface area contributed by atoms with Gasteiger partial charge in [0.15, 0.2) is 0 Å². The highest BCUT2D eigenvalue weighted by molar-refractivity contribution is 6.00. The molecule has 2 aromatic heterocycles. The molecule has 0 spiro atoms. The Labute approximate surface area is 555 Å². The molecule has 2 aliphatic heterocycles. The van der Waals surface area contributed by atoms with Gasteiger partial charge in [0, 0.05) is 115 Å². The van der Waals surface area contributed by atoms with Crippen LogP contribution < -0.4 is 30.9 Å². The highest BCUT2D eigenvalue weighted by Gasteiger charge is 2.34. The summed E-state index contributed by atoms with van der Waals surface area (Å²) in [5, 5.41) is 52.4. The lowest BCUT2D eigenvalue weighted by Gasteiger charge is -2.33. The number of aromatic hydroxyl groups is 4. The van der Waals surface area contributed by atoms with Crippen LogP contribution in [0.1, 0.15) is 205 Å². The van der Waals surface area contributed by atoms with E-state index in [-0.39, 0.29) is 152 Å². The maximum Gasteiger partial charge on any atom is 0.333 e. The normalized spacial score (nSPS) is 13.2. The first-order valence-electron chi connectivity index (χ1n) is 33.9. The molecule has 0 radical (unpaired) electrons. The third kappa shape index (κ3) is 35.7. The predicted octanol–water partition coefficient (Wildman–Crippen LogP) is 5.32. The van der Waals surface area contributed by atoms with E-state index < -0.39 is 46.8 Å². The highest BCUT2D eigenvalue weighted by atomic mass is 16.7. The minimum Gasteiger partial charge on any atom is -0.492 e. The number of imide groups is 1. The second-order valence-corrected chi connectivity index (χ2v) is 23.9. The van der Waals surface area contributed by atoms with Gasteiger partial charge >= 0.3 is 17.9 Å². The minimum absolute atomic E-state index is 0.0111. The molecular formula is C65H104N8O22. The fourth-order valence-corrected chi connectivity index (χ4v) is 10.1. The van der Waals surface area contributed by atoms with Crippen LogP contribution in [0, 0.1) is 5.41 Å². The Morgan fingerprint density at radius 2 is 0.674 bits per heavy atom. The largest absolute Gasteiger partial charge is 0.492 e. The van der Waals surface area contributed by atoms with Crippen molar-refractivity contribution in [2.45, 2.75) is 205 Å². The van der Waals surface area contributed by atoms with E-state index in [9.17, 15) is 68.4 Å². The van der Waals surface area contributed by atoms with Gasteiger partial charge in [-0.15, -0.1) is 9.46 Å². The zero-order chi connectivity index (χ0) is 68.7. The fourth-order valence-electron chi connectivity index (χ4n) is 10.1. The van der Waals surface area contributed by atoms with Gasteiger partial charge in [-0.25, -0.2) is 14.4 Å². The van der Waals surface area contributed by atoms with E-state index in [0.717, 1.165) is 106 Å². The average Bonchev–Trinajstić information content (AvgIpc) is 1.65. The molecule has 0 saturated carbocycles. The smallest absolute Gasteiger partial charge is 0.333 e. The third-order valence-electron chi connectivity index (χ3n) is 15.5. The quantitative estimate of drug-likeness (QED) is 0.0307. The van der Waals surface area contributed by atoms with E-state index in [2.05, 4.69) is 21.3 Å². The standard InChI is InChI=1S/C65H104N8O22/c74-51(66-37-17-9-1-2-13-21-42-92-71-56(79)27-28-57(71)80)33-43-88-47-65(48-89-44-34-52(75)67-38-18-10-3-6-14-24-62(85)93-70-41-22-23-55(70)78,49-90-45-35-53(76)68-39-19-11-4-7-15-25-63(86)94-72-58(81)29-30-59(72)82)50-91-46-36-54(77)69-40-20-12-5-8-16-26-64(87)95-73-60(83)31-32-61(73)84/h29-32,81-84H,1-28,33-50H2,(H,66,74)(H,67,75)(H,68,76)(H,69,77). The third-order valence-corrected chi connectivity index (χ3v) is 15.5. The van der Waals surface area contributed by atoms with Crippen LogP contribution in [-0.2, 0) is 76.6 Å². The number of hydroxylamine groups is 4. The van der Waals surface area contributed by atoms with Gasteiger partial charge in [0.05, 0.1) is 71.4 Å². The number of hydrogen-bond acceptors (Lipinski definition) is 22. The van der Waals surface area contributed by atoms with Crippen LogP contribution in [0.3, 0.4) is 0 Å². The van der Waals surface area contributed by atoms with Gasteiger partial charge in [0.1, 0.15) is 0 Å². The molecule has 4 rings (SSSR count). The Hall–Kier alpha value is -7.54. The maximum absolute atomic E-state index is 12.9. The van der Waals surface area contributed by atoms with E-state index >= 15 is 0 Å². The van der Waals surface area contributed by atoms with Gasteiger partial charge in [-0.05, 0) is 57.8 Å². The number of nitrogens with zero attached hydrogens (tertiary/aromatic N) is 4. The van der Waals surface area contributed by atoms with Crippen LogP contribution in [0.5, 0.6) is 23.5 Å². The van der Waals surface area contributed by atoms with Gasteiger partial charge in [-0.3, -0.25) is 38.4 Å². The molecule has 0 aromatic carbocycles. The van der Waals surface area contributed by atoms with Crippen LogP contribution >= 0.6 is 0 Å². The summed E-state index contributed by atoms with van der Waals surface area (Å²) in [5.41, 5.74) is -1.03. The number of hydrogen-bond donors (Lipinski definition) is 8. The average molecular weight is 1350 g/mol. The first-order chi connectivity index (χ1) is 45.9. The van der Waals surface area contributed by atoms with Crippen LogP contribution in [0.4, 0.5) is 0 Å². The van der Waals surface area contributed by atoms with Gasteiger partial charge in [0.2, 0.25) is 47.1 Å². The van der Waals surface area contributed by atoms with Gasteiger partial charge in [0.25, 0.3) is 17.7 Å². The Morgan fingerprint density at radius 3 is 1.00 bits per heavy atom.